The number of H-pyrrole nitrogens is 2. The van der Waals surface area contributed by atoms with Crippen LogP contribution in [0.3, 0.4) is 0 Å². The second-order valence-electron chi connectivity index (χ2n) is 5.90. The second kappa shape index (κ2) is 5.92. The van der Waals surface area contributed by atoms with Gasteiger partial charge in [0, 0.05) is 49.0 Å². The van der Waals surface area contributed by atoms with E-state index in [4.69, 9.17) is 11.6 Å². The van der Waals surface area contributed by atoms with Crippen LogP contribution in [0, 0.1) is 0 Å². The Morgan fingerprint density at radius 1 is 1.42 bits per heavy atom. The van der Waals surface area contributed by atoms with Crippen molar-refractivity contribution in [3.63, 3.8) is 0 Å². The Kier molecular flexibility index (Phi) is 3.74. The molecule has 1 saturated heterocycles. The Balaban J connectivity index is 1.87. The monoisotopic (exact) mass is 344 g/mol. The first-order valence-corrected chi connectivity index (χ1v) is 8.22. The molecule has 7 nitrogen and oxygen atoms in total. The normalized spacial score (nSPS) is 18.2. The highest BCUT2D eigenvalue weighted by atomic mass is 35.5. The fourth-order valence-corrected chi connectivity index (χ4v) is 3.27. The van der Waals surface area contributed by atoms with Crippen molar-refractivity contribution in [2.24, 2.45) is 0 Å². The molecular weight excluding hydrogens is 328 g/mol. The summed E-state index contributed by atoms with van der Waals surface area (Å²) in [5.41, 5.74) is 1.22. The molecule has 0 amide bonds. The van der Waals surface area contributed by atoms with Gasteiger partial charge in [0.1, 0.15) is 16.5 Å². The first kappa shape index (κ1) is 15.2. The largest absolute Gasteiger partial charge is 0.350 e. The lowest BCUT2D eigenvalue weighted by molar-refractivity contribution is 0.497. The van der Waals surface area contributed by atoms with Gasteiger partial charge in [-0.1, -0.05) is 11.6 Å². The maximum absolute atomic E-state index is 12.3. The predicted molar refractivity (Wildman–Crippen MR) is 94.6 cm³/mol. The van der Waals surface area contributed by atoms with Crippen molar-refractivity contribution in [1.82, 2.24) is 25.3 Å². The van der Waals surface area contributed by atoms with Gasteiger partial charge in [0.05, 0.1) is 0 Å². The van der Waals surface area contributed by atoms with Crippen molar-refractivity contribution >= 4 is 28.5 Å². The van der Waals surface area contributed by atoms with Crippen LogP contribution in [0.4, 0.5) is 5.82 Å². The van der Waals surface area contributed by atoms with Gasteiger partial charge in [-0.25, -0.2) is 9.97 Å². The number of hydrogen-bond acceptors (Lipinski definition) is 5. The van der Waals surface area contributed by atoms with Gasteiger partial charge in [0.2, 0.25) is 0 Å². The number of halogens is 1. The minimum atomic E-state index is -0.333. The summed E-state index contributed by atoms with van der Waals surface area (Å²) in [5, 5.41) is 4.36. The van der Waals surface area contributed by atoms with Crippen LogP contribution in [0.1, 0.15) is 6.92 Å². The smallest absolute Gasteiger partial charge is 0.272 e. The van der Waals surface area contributed by atoms with Crippen molar-refractivity contribution in [1.29, 1.82) is 0 Å². The Bertz CT molecular complexity index is 949. The zero-order valence-corrected chi connectivity index (χ0v) is 13.9. The fraction of sp³-hybridized carbons (Fsp3) is 0.312. The van der Waals surface area contributed by atoms with Crippen molar-refractivity contribution in [2.75, 3.05) is 24.5 Å². The standard InChI is InChI=1S/C16H17ClN6O/c1-9-7-18-5-6-23(9)15-12(17)16(24)22-14(21-15)11-8-20-13-10(11)3-2-4-19-13/h2-4,8-9,18H,5-7H2,1H3,(H,19,20)(H,21,22,24)/t9-/m0/s1. The number of nitrogens with one attached hydrogen (secondary N) is 3. The van der Waals surface area contributed by atoms with Gasteiger partial charge in [-0.2, -0.15) is 0 Å². The molecular formula is C16H17ClN6O. The average Bonchev–Trinajstić information content (AvgIpc) is 3.02. The molecule has 1 aliphatic rings. The number of pyridine rings is 1. The summed E-state index contributed by atoms with van der Waals surface area (Å²) >= 11 is 6.25. The fourth-order valence-electron chi connectivity index (χ4n) is 3.07. The first-order valence-electron chi connectivity index (χ1n) is 7.85. The van der Waals surface area contributed by atoms with E-state index in [0.29, 0.717) is 11.6 Å². The molecule has 1 aliphatic heterocycles. The molecule has 4 rings (SSSR count). The summed E-state index contributed by atoms with van der Waals surface area (Å²) in [6.07, 6.45) is 3.52. The Morgan fingerprint density at radius 2 is 2.29 bits per heavy atom. The lowest BCUT2D eigenvalue weighted by Gasteiger charge is -2.35. The zero-order valence-electron chi connectivity index (χ0n) is 13.1. The molecule has 4 heterocycles. The van der Waals surface area contributed by atoms with E-state index < -0.39 is 0 Å². The van der Waals surface area contributed by atoms with Gasteiger partial charge in [-0.3, -0.25) is 4.79 Å². The molecule has 124 valence electrons. The minimum Gasteiger partial charge on any atom is -0.350 e. The molecule has 3 aromatic rings. The zero-order chi connectivity index (χ0) is 16.7. The number of anilines is 1. The van der Waals surface area contributed by atoms with Gasteiger partial charge in [0.15, 0.2) is 5.82 Å². The van der Waals surface area contributed by atoms with Crippen LogP contribution in [0.5, 0.6) is 0 Å². The van der Waals surface area contributed by atoms with E-state index in [1.54, 1.807) is 12.4 Å². The average molecular weight is 345 g/mol. The van der Waals surface area contributed by atoms with Crippen LogP contribution in [-0.2, 0) is 0 Å². The van der Waals surface area contributed by atoms with Crippen LogP contribution in [0.2, 0.25) is 5.02 Å². The predicted octanol–water partition coefficient (Wildman–Crippen LogP) is 1.76. The van der Waals surface area contributed by atoms with E-state index in [0.717, 1.165) is 36.2 Å². The van der Waals surface area contributed by atoms with Gasteiger partial charge >= 0.3 is 0 Å². The van der Waals surface area contributed by atoms with Crippen LogP contribution < -0.4 is 15.8 Å². The SMILES string of the molecule is C[C@H]1CNCCN1c1nc(-c2c[nH]c3ncccc23)[nH]c(=O)c1Cl. The topological polar surface area (TPSA) is 89.7 Å². The van der Waals surface area contributed by atoms with Gasteiger partial charge in [-0.05, 0) is 19.1 Å². The molecule has 0 aromatic carbocycles. The van der Waals surface area contributed by atoms with E-state index in [9.17, 15) is 4.79 Å². The molecule has 0 spiro atoms. The highest BCUT2D eigenvalue weighted by Gasteiger charge is 2.24. The molecule has 8 heteroatoms. The number of aromatic amines is 2. The molecule has 1 fully saturated rings. The Hall–Kier alpha value is -2.38. The number of hydrogen-bond donors (Lipinski definition) is 3. The number of fused-ring (bicyclic) bond motifs is 1. The van der Waals surface area contributed by atoms with Crippen molar-refractivity contribution < 1.29 is 0 Å². The lowest BCUT2D eigenvalue weighted by atomic mass is 10.2. The number of aromatic nitrogens is 4. The summed E-state index contributed by atoms with van der Waals surface area (Å²) in [6, 6.07) is 4.01. The Labute approximate surface area is 143 Å². The first-order chi connectivity index (χ1) is 11.6. The molecule has 0 radical (unpaired) electrons. The number of piperazine rings is 1. The summed E-state index contributed by atoms with van der Waals surface area (Å²) in [6.45, 7) is 4.51. The van der Waals surface area contributed by atoms with Gasteiger partial charge in [0.25, 0.3) is 5.56 Å². The third-order valence-corrected chi connectivity index (χ3v) is 4.67. The maximum Gasteiger partial charge on any atom is 0.272 e. The van der Waals surface area contributed by atoms with E-state index in [1.807, 2.05) is 12.1 Å². The van der Waals surface area contributed by atoms with Crippen molar-refractivity contribution in [3.8, 4) is 11.4 Å². The third kappa shape index (κ3) is 2.46. The molecule has 3 N–H and O–H groups in total. The van der Waals surface area contributed by atoms with Crippen LogP contribution in [-0.4, -0.2) is 45.6 Å². The van der Waals surface area contributed by atoms with Crippen LogP contribution in [0.15, 0.2) is 29.3 Å². The highest BCUT2D eigenvalue weighted by molar-refractivity contribution is 6.32. The number of nitrogens with zero attached hydrogens (tertiary/aromatic N) is 3. The highest BCUT2D eigenvalue weighted by Crippen LogP contribution is 2.28. The summed E-state index contributed by atoms with van der Waals surface area (Å²) in [5.74, 6) is 1.02. The Morgan fingerprint density at radius 3 is 3.12 bits per heavy atom. The molecule has 0 saturated carbocycles. The molecule has 24 heavy (non-hydrogen) atoms. The molecule has 0 aliphatic carbocycles. The number of rotatable bonds is 2. The van der Waals surface area contributed by atoms with Gasteiger partial charge in [-0.15, -0.1) is 0 Å². The van der Waals surface area contributed by atoms with Crippen molar-refractivity contribution in [3.05, 3.63) is 39.9 Å². The molecule has 3 aromatic heterocycles. The molecule has 0 bridgehead atoms. The molecule has 1 atom stereocenters. The van der Waals surface area contributed by atoms with E-state index >= 15 is 0 Å². The summed E-state index contributed by atoms with van der Waals surface area (Å²) in [4.78, 5) is 29.2. The van der Waals surface area contributed by atoms with E-state index in [-0.39, 0.29) is 16.6 Å². The van der Waals surface area contributed by atoms with E-state index in [1.165, 1.54) is 0 Å². The van der Waals surface area contributed by atoms with Gasteiger partial charge < -0.3 is 20.2 Å². The maximum atomic E-state index is 12.3. The summed E-state index contributed by atoms with van der Waals surface area (Å²) < 4.78 is 0. The van der Waals surface area contributed by atoms with Crippen LogP contribution >= 0.6 is 11.6 Å². The quantitative estimate of drug-likeness (QED) is 0.659. The lowest BCUT2D eigenvalue weighted by Crippen LogP contribution is -2.50. The van der Waals surface area contributed by atoms with Crippen LogP contribution in [0.25, 0.3) is 22.4 Å². The third-order valence-electron chi connectivity index (χ3n) is 4.32. The van der Waals surface area contributed by atoms with Crippen molar-refractivity contribution in [2.45, 2.75) is 13.0 Å². The summed E-state index contributed by atoms with van der Waals surface area (Å²) in [7, 11) is 0. The minimum absolute atomic E-state index is 0.130. The second-order valence-corrected chi connectivity index (χ2v) is 6.28. The van der Waals surface area contributed by atoms with E-state index in [2.05, 4.69) is 37.1 Å². The molecule has 0 unspecified atom stereocenters.